The van der Waals surface area contributed by atoms with Gasteiger partial charge in [-0.25, -0.2) is 8.42 Å². The first-order chi connectivity index (χ1) is 17.0. The van der Waals surface area contributed by atoms with Crippen LogP contribution in [0, 0.1) is 0 Å². The number of nitrogens with zero attached hydrogens (tertiary/aromatic N) is 3. The maximum atomic E-state index is 13.6. The monoisotopic (exact) mass is 509 g/mol. The number of rotatable bonds is 6. The fourth-order valence-corrected chi connectivity index (χ4v) is 5.61. The van der Waals surface area contributed by atoms with Crippen LogP contribution >= 0.6 is 11.6 Å². The second-order valence-corrected chi connectivity index (χ2v) is 10.4. The van der Waals surface area contributed by atoms with Gasteiger partial charge in [-0.3, -0.25) is 0 Å². The molecule has 35 heavy (non-hydrogen) atoms. The van der Waals surface area contributed by atoms with E-state index in [1.807, 2.05) is 29.2 Å². The molecule has 4 aromatic rings. The van der Waals surface area contributed by atoms with E-state index in [2.05, 4.69) is 9.88 Å². The molecule has 9 heteroatoms. The molecule has 180 valence electrons. The first-order valence-electron chi connectivity index (χ1n) is 11.2. The number of methoxy groups -OCH3 is 1. The van der Waals surface area contributed by atoms with Crippen molar-refractivity contribution in [3.05, 3.63) is 83.9 Å². The van der Waals surface area contributed by atoms with Crippen molar-refractivity contribution in [1.82, 2.24) is 4.98 Å². The Balaban J connectivity index is 1.50. The van der Waals surface area contributed by atoms with Crippen LogP contribution in [0.2, 0.25) is 5.02 Å². The second-order valence-electron chi connectivity index (χ2n) is 8.13. The Morgan fingerprint density at radius 2 is 1.57 bits per heavy atom. The molecule has 0 saturated carbocycles. The largest absolute Gasteiger partial charge is 0.497 e. The van der Waals surface area contributed by atoms with Crippen molar-refractivity contribution >= 4 is 33.0 Å². The number of sulfone groups is 1. The van der Waals surface area contributed by atoms with Crippen LogP contribution in [0.25, 0.3) is 11.5 Å². The van der Waals surface area contributed by atoms with E-state index < -0.39 is 9.84 Å². The van der Waals surface area contributed by atoms with Crippen LogP contribution in [-0.2, 0) is 9.84 Å². The zero-order valence-electron chi connectivity index (χ0n) is 19.1. The van der Waals surface area contributed by atoms with Gasteiger partial charge in [0.15, 0.2) is 0 Å². The molecular formula is C26H24ClN3O4S. The van der Waals surface area contributed by atoms with Gasteiger partial charge in [0.1, 0.15) is 5.75 Å². The smallest absolute Gasteiger partial charge is 0.236 e. The molecule has 7 nitrogen and oxygen atoms in total. The van der Waals surface area contributed by atoms with Gasteiger partial charge < -0.3 is 19.0 Å². The summed E-state index contributed by atoms with van der Waals surface area (Å²) < 4.78 is 38.5. The van der Waals surface area contributed by atoms with Gasteiger partial charge in [-0.1, -0.05) is 35.9 Å². The molecule has 3 aromatic carbocycles. The summed E-state index contributed by atoms with van der Waals surface area (Å²) in [6.07, 6.45) is 0. The summed E-state index contributed by atoms with van der Waals surface area (Å²) >= 11 is 6.16. The highest BCUT2D eigenvalue weighted by atomic mass is 35.5. The van der Waals surface area contributed by atoms with E-state index in [-0.39, 0.29) is 21.7 Å². The standard InChI is InChI=1S/C26H24ClN3O4S/c1-33-22-12-10-19(11-13-22)24-28-25(35(31,32)23-8-3-2-4-9-23)26(34-24)30-16-14-29(15-17-30)21-7-5-6-20(27)18-21/h2-13,18H,14-17H2,1H3. The molecule has 1 aliphatic heterocycles. The zero-order valence-corrected chi connectivity index (χ0v) is 20.7. The highest BCUT2D eigenvalue weighted by Gasteiger charge is 2.32. The van der Waals surface area contributed by atoms with Crippen molar-refractivity contribution in [2.24, 2.45) is 0 Å². The zero-order chi connectivity index (χ0) is 24.4. The quantitative estimate of drug-likeness (QED) is 0.355. The molecule has 2 heterocycles. The average Bonchev–Trinajstić information content (AvgIpc) is 3.36. The normalized spacial score (nSPS) is 14.2. The van der Waals surface area contributed by atoms with Crippen LogP contribution in [0.15, 0.2) is 93.2 Å². The summed E-state index contributed by atoms with van der Waals surface area (Å²) in [5.74, 6) is 1.19. The van der Waals surface area contributed by atoms with Crippen LogP contribution in [0.4, 0.5) is 11.6 Å². The van der Waals surface area contributed by atoms with E-state index in [4.69, 9.17) is 20.8 Å². The molecule has 1 saturated heterocycles. The van der Waals surface area contributed by atoms with Crippen LogP contribution in [-0.4, -0.2) is 46.7 Å². The number of hydrogen-bond acceptors (Lipinski definition) is 7. The highest BCUT2D eigenvalue weighted by molar-refractivity contribution is 7.91. The molecule has 1 aliphatic rings. The number of halogens is 1. The Hall–Kier alpha value is -3.49. The van der Waals surface area contributed by atoms with Gasteiger partial charge in [0.2, 0.25) is 26.6 Å². The predicted molar refractivity (Wildman–Crippen MR) is 136 cm³/mol. The van der Waals surface area contributed by atoms with Crippen molar-refractivity contribution in [1.29, 1.82) is 0 Å². The Morgan fingerprint density at radius 3 is 2.23 bits per heavy atom. The summed E-state index contributed by atoms with van der Waals surface area (Å²) in [7, 11) is -2.30. The van der Waals surface area contributed by atoms with E-state index in [1.54, 1.807) is 61.7 Å². The molecule has 0 amide bonds. The molecule has 0 aliphatic carbocycles. The Labute approximate surface area is 209 Å². The second kappa shape index (κ2) is 9.64. The summed E-state index contributed by atoms with van der Waals surface area (Å²) in [5, 5.41) is 0.603. The van der Waals surface area contributed by atoms with Gasteiger partial charge in [-0.2, -0.15) is 4.98 Å². The minimum Gasteiger partial charge on any atom is -0.497 e. The summed E-state index contributed by atoms with van der Waals surface area (Å²) in [6, 6.07) is 23.2. The van der Waals surface area contributed by atoms with Gasteiger partial charge in [0, 0.05) is 42.5 Å². The van der Waals surface area contributed by atoms with E-state index in [0.717, 1.165) is 5.69 Å². The molecule has 1 fully saturated rings. The molecule has 5 rings (SSSR count). The lowest BCUT2D eigenvalue weighted by Crippen LogP contribution is -2.46. The van der Waals surface area contributed by atoms with E-state index in [1.165, 1.54) is 0 Å². The topological polar surface area (TPSA) is 75.9 Å². The SMILES string of the molecule is COc1ccc(-c2nc(S(=O)(=O)c3ccccc3)c(N3CCN(c4cccc(Cl)c4)CC3)o2)cc1. The first-order valence-corrected chi connectivity index (χ1v) is 13.0. The predicted octanol–water partition coefficient (Wildman–Crippen LogP) is 5.16. The van der Waals surface area contributed by atoms with Crippen LogP contribution < -0.4 is 14.5 Å². The molecule has 1 aromatic heterocycles. The fraction of sp³-hybridized carbons (Fsp3) is 0.192. The molecule has 0 atom stereocenters. The van der Waals surface area contributed by atoms with Crippen molar-refractivity contribution in [3.63, 3.8) is 0 Å². The number of piperazine rings is 1. The molecule has 0 N–H and O–H groups in total. The van der Waals surface area contributed by atoms with Crippen molar-refractivity contribution < 1.29 is 17.6 Å². The lowest BCUT2D eigenvalue weighted by molar-refractivity contribution is 0.415. The Morgan fingerprint density at radius 1 is 0.886 bits per heavy atom. The van der Waals surface area contributed by atoms with E-state index in [9.17, 15) is 8.42 Å². The number of benzene rings is 3. The number of oxazole rings is 1. The minimum atomic E-state index is -3.89. The third-order valence-electron chi connectivity index (χ3n) is 5.96. The maximum Gasteiger partial charge on any atom is 0.236 e. The van der Waals surface area contributed by atoms with Crippen LogP contribution in [0.1, 0.15) is 0 Å². The lowest BCUT2D eigenvalue weighted by atomic mass is 10.2. The number of hydrogen-bond donors (Lipinski definition) is 0. The van der Waals surface area contributed by atoms with Gasteiger partial charge >= 0.3 is 0 Å². The Bertz CT molecular complexity index is 1410. The molecule has 0 unspecified atom stereocenters. The van der Waals surface area contributed by atoms with Gasteiger partial charge in [-0.05, 0) is 54.6 Å². The van der Waals surface area contributed by atoms with Gasteiger partial charge in [0.05, 0.1) is 12.0 Å². The van der Waals surface area contributed by atoms with Crippen molar-refractivity contribution in [3.8, 4) is 17.2 Å². The van der Waals surface area contributed by atoms with E-state index in [0.29, 0.717) is 42.5 Å². The molecule has 0 spiro atoms. The van der Waals surface area contributed by atoms with Gasteiger partial charge in [-0.15, -0.1) is 0 Å². The molecule has 0 bridgehead atoms. The fourth-order valence-electron chi connectivity index (χ4n) is 4.08. The van der Waals surface area contributed by atoms with E-state index >= 15 is 0 Å². The number of aromatic nitrogens is 1. The number of anilines is 2. The van der Waals surface area contributed by atoms with Crippen LogP contribution in [0.3, 0.4) is 0 Å². The lowest BCUT2D eigenvalue weighted by Gasteiger charge is -2.36. The minimum absolute atomic E-state index is 0.0780. The third kappa shape index (κ3) is 4.72. The third-order valence-corrected chi connectivity index (χ3v) is 7.87. The highest BCUT2D eigenvalue weighted by Crippen LogP contribution is 2.36. The summed E-state index contributed by atoms with van der Waals surface area (Å²) in [4.78, 5) is 8.81. The number of ether oxygens (including phenoxy) is 1. The van der Waals surface area contributed by atoms with Crippen molar-refractivity contribution in [2.45, 2.75) is 9.92 Å². The molecule has 0 radical (unpaired) electrons. The maximum absolute atomic E-state index is 13.6. The van der Waals surface area contributed by atoms with Crippen LogP contribution in [0.5, 0.6) is 5.75 Å². The van der Waals surface area contributed by atoms with Crippen molar-refractivity contribution in [2.75, 3.05) is 43.1 Å². The Kier molecular flexibility index (Phi) is 6.40. The molecular weight excluding hydrogens is 486 g/mol. The summed E-state index contributed by atoms with van der Waals surface area (Å²) in [5.41, 5.74) is 1.70. The van der Waals surface area contributed by atoms with Gasteiger partial charge in [0.25, 0.3) is 0 Å². The summed E-state index contributed by atoms with van der Waals surface area (Å²) in [6.45, 7) is 2.51. The average molecular weight is 510 g/mol. The first kappa shape index (κ1) is 23.3.